The van der Waals surface area contributed by atoms with Crippen molar-refractivity contribution in [3.05, 3.63) is 51.6 Å². The molecule has 0 N–H and O–H groups in total. The minimum absolute atomic E-state index is 0.343. The average Bonchev–Trinajstić information content (AvgIpc) is 2.73. The van der Waals surface area contributed by atoms with Crippen molar-refractivity contribution >= 4 is 13.3 Å². The third kappa shape index (κ3) is 4.04. The number of hydrogen-bond acceptors (Lipinski definition) is 0. The van der Waals surface area contributed by atoms with Gasteiger partial charge in [0.05, 0.1) is 0 Å². The van der Waals surface area contributed by atoms with Gasteiger partial charge in [0.1, 0.15) is 0 Å². The summed E-state index contributed by atoms with van der Waals surface area (Å²) in [5.74, 6) is 1.44. The number of rotatable bonds is 7. The first-order chi connectivity index (χ1) is 13.6. The molecule has 2 rings (SSSR count). The molecule has 1 aromatic rings. The van der Waals surface area contributed by atoms with Crippen LogP contribution in [-0.2, 0) is 16.6 Å². The summed E-state index contributed by atoms with van der Waals surface area (Å²) in [6.07, 6.45) is 0. The first-order valence-electron chi connectivity index (χ1n) is 12.1. The predicted molar refractivity (Wildman–Crippen MR) is 138 cm³/mol. The fourth-order valence-corrected chi connectivity index (χ4v) is 28.6. The van der Waals surface area contributed by atoms with Gasteiger partial charge in [0.15, 0.2) is 0 Å². The molecule has 0 bridgehead atoms. The van der Waals surface area contributed by atoms with E-state index < -0.39 is 24.7 Å². The molecular formula is C28H48SiTi. The molecule has 1 aliphatic carbocycles. The van der Waals surface area contributed by atoms with Crippen molar-refractivity contribution in [1.82, 2.24) is 0 Å². The fourth-order valence-electron chi connectivity index (χ4n) is 7.45. The maximum absolute atomic E-state index is 2.71. The molecule has 30 heavy (non-hydrogen) atoms. The van der Waals surface area contributed by atoms with E-state index in [1.54, 1.807) is 27.5 Å². The van der Waals surface area contributed by atoms with Gasteiger partial charge in [-0.25, -0.2) is 0 Å². The quantitative estimate of drug-likeness (QED) is 0.356. The first-order valence-corrected chi connectivity index (χ1v) is 19.9. The van der Waals surface area contributed by atoms with Crippen molar-refractivity contribution in [2.45, 2.75) is 100 Å². The summed E-state index contributed by atoms with van der Waals surface area (Å²) >= 11 is -2.25. The van der Waals surface area contributed by atoms with Gasteiger partial charge in [-0.1, -0.05) is 0 Å². The van der Waals surface area contributed by atoms with Crippen molar-refractivity contribution in [2.75, 3.05) is 0 Å². The number of aryl methyl sites for hydroxylation is 2. The van der Waals surface area contributed by atoms with Gasteiger partial charge in [-0.2, -0.15) is 0 Å². The molecule has 2 heteroatoms. The van der Waals surface area contributed by atoms with Crippen LogP contribution in [0.15, 0.2) is 40.5 Å². The molecule has 0 saturated carbocycles. The standard InChI is InChI=1S/C25H39Si.3CH3.Ti/c1-16(2)14-26(15-17(3)4,24-12-18(5)11-19(6)13-24)25-22(9)20(7)21(8)23(25)10;;;;/h11-13,16-17H,14-15H2,1-10H3;3*1H3;. The molecule has 0 aromatic heterocycles. The SMILES string of the molecule is CC1=C(C)[C]([Si](CC(C)C)(CC(C)C)c2cc(C)cc(C)c2)([Ti]([CH3])([CH3])[CH3])C(C)=C1C. The van der Waals surface area contributed by atoms with Crippen LogP contribution in [0.1, 0.15) is 66.5 Å². The van der Waals surface area contributed by atoms with E-state index >= 15 is 0 Å². The summed E-state index contributed by atoms with van der Waals surface area (Å²) in [6.45, 7) is 24.4. The topological polar surface area (TPSA) is 0 Å². The van der Waals surface area contributed by atoms with E-state index in [0.717, 1.165) is 11.8 Å². The number of hydrogen-bond donors (Lipinski definition) is 0. The summed E-state index contributed by atoms with van der Waals surface area (Å²) in [5, 5.41) is 9.88. The minimum atomic E-state index is -2.25. The Morgan fingerprint density at radius 2 is 1.07 bits per heavy atom. The fraction of sp³-hybridized carbons (Fsp3) is 0.643. The van der Waals surface area contributed by atoms with Gasteiger partial charge >= 0.3 is 194 Å². The number of allylic oxidation sites excluding steroid dienone is 4. The molecule has 0 spiro atoms. The molecule has 0 nitrogen and oxygen atoms in total. The second kappa shape index (κ2) is 8.87. The Hall–Kier alpha value is -0.369. The molecule has 0 heterocycles. The van der Waals surface area contributed by atoms with Crippen LogP contribution in [0, 0.1) is 25.7 Å². The Morgan fingerprint density at radius 3 is 1.37 bits per heavy atom. The van der Waals surface area contributed by atoms with E-state index in [1.165, 1.54) is 23.2 Å². The third-order valence-corrected chi connectivity index (χ3v) is 24.6. The van der Waals surface area contributed by atoms with Gasteiger partial charge in [-0.15, -0.1) is 0 Å². The Morgan fingerprint density at radius 1 is 0.700 bits per heavy atom. The van der Waals surface area contributed by atoms with Crippen LogP contribution in [0.5, 0.6) is 0 Å². The van der Waals surface area contributed by atoms with E-state index in [9.17, 15) is 0 Å². The summed E-state index contributed by atoms with van der Waals surface area (Å²) in [7, 11) is -1.96. The summed E-state index contributed by atoms with van der Waals surface area (Å²) in [5.41, 5.74) is 9.58. The third-order valence-electron chi connectivity index (χ3n) is 7.94. The number of benzene rings is 1. The molecule has 0 atom stereocenters. The molecule has 1 aromatic carbocycles. The molecule has 0 fully saturated rings. The Labute approximate surface area is 193 Å². The molecular weight excluding hydrogens is 412 g/mol. The average molecular weight is 461 g/mol. The Balaban J connectivity index is 3.13. The molecule has 168 valence electrons. The van der Waals surface area contributed by atoms with E-state index in [2.05, 4.69) is 103 Å². The second-order valence-electron chi connectivity index (χ2n) is 12.2. The zero-order valence-electron chi connectivity index (χ0n) is 22.3. The van der Waals surface area contributed by atoms with Crippen molar-refractivity contribution in [1.29, 1.82) is 0 Å². The van der Waals surface area contributed by atoms with E-state index in [-0.39, 0.29) is 0 Å². The van der Waals surface area contributed by atoms with Crippen LogP contribution < -0.4 is 5.19 Å². The zero-order valence-corrected chi connectivity index (χ0v) is 24.9. The van der Waals surface area contributed by atoms with Gasteiger partial charge in [0.2, 0.25) is 0 Å². The van der Waals surface area contributed by atoms with Crippen molar-refractivity contribution < 1.29 is 16.6 Å². The normalized spacial score (nSPS) is 17.7. The summed E-state index contributed by atoms with van der Waals surface area (Å²) in [4.78, 5) is 0. The van der Waals surface area contributed by atoms with Gasteiger partial charge in [0, 0.05) is 0 Å². The zero-order chi connectivity index (χ0) is 23.2. The molecule has 0 amide bonds. The van der Waals surface area contributed by atoms with Crippen LogP contribution in [0.4, 0.5) is 0 Å². The van der Waals surface area contributed by atoms with Crippen molar-refractivity contribution in [3.63, 3.8) is 0 Å². The van der Waals surface area contributed by atoms with Gasteiger partial charge in [-0.3, -0.25) is 0 Å². The Bertz CT molecular complexity index is 807. The van der Waals surface area contributed by atoms with Crippen molar-refractivity contribution in [2.24, 2.45) is 11.8 Å². The predicted octanol–water partition coefficient (Wildman–Crippen LogP) is 8.95. The molecule has 0 saturated heterocycles. The van der Waals surface area contributed by atoms with Gasteiger partial charge in [-0.05, 0) is 0 Å². The van der Waals surface area contributed by atoms with E-state index in [1.807, 2.05) is 0 Å². The molecule has 0 unspecified atom stereocenters. The molecule has 0 aliphatic heterocycles. The van der Waals surface area contributed by atoms with Crippen LogP contribution in [0.3, 0.4) is 0 Å². The van der Waals surface area contributed by atoms with E-state index in [0.29, 0.717) is 3.34 Å². The van der Waals surface area contributed by atoms with Crippen LogP contribution in [0.25, 0.3) is 0 Å². The maximum atomic E-state index is 2.71. The first kappa shape index (κ1) is 25.9. The van der Waals surface area contributed by atoms with Crippen LogP contribution in [-0.4, -0.2) is 8.07 Å². The van der Waals surface area contributed by atoms with Gasteiger partial charge in [0.25, 0.3) is 0 Å². The van der Waals surface area contributed by atoms with Crippen molar-refractivity contribution in [3.8, 4) is 0 Å². The molecule has 0 radical (unpaired) electrons. The van der Waals surface area contributed by atoms with Gasteiger partial charge < -0.3 is 0 Å². The van der Waals surface area contributed by atoms with E-state index in [4.69, 9.17) is 0 Å². The monoisotopic (exact) mass is 460 g/mol. The van der Waals surface area contributed by atoms with Crippen LogP contribution in [0.2, 0.25) is 31.1 Å². The Kier molecular flexibility index (Phi) is 7.66. The second-order valence-corrected chi connectivity index (χ2v) is 25.4. The van der Waals surface area contributed by atoms with Crippen LogP contribution >= 0.6 is 0 Å². The summed E-state index contributed by atoms with van der Waals surface area (Å²) < 4.78 is 0.343. The summed E-state index contributed by atoms with van der Waals surface area (Å²) in [6, 6.07) is 10.4. The molecule has 1 aliphatic rings.